The van der Waals surface area contributed by atoms with Crippen molar-refractivity contribution in [3.05, 3.63) is 22.4 Å². The number of carbonyl (C=O) groups excluding carboxylic acids is 1. The van der Waals surface area contributed by atoms with Gasteiger partial charge in [0, 0.05) is 45.2 Å². The van der Waals surface area contributed by atoms with E-state index in [-0.39, 0.29) is 24.6 Å². The zero-order chi connectivity index (χ0) is 18.9. The van der Waals surface area contributed by atoms with Crippen molar-refractivity contribution < 1.29 is 9.53 Å². The number of hydrogen-bond donors (Lipinski definition) is 2. The van der Waals surface area contributed by atoms with E-state index in [1.165, 1.54) is 4.88 Å². The SMILES string of the molecule is CCNC(=NCC(=O)N(C)C)NCC(c1cccs1)N1CCOC(C)C1. The molecule has 0 aliphatic carbocycles. The van der Waals surface area contributed by atoms with E-state index in [0.717, 1.165) is 32.8 Å². The van der Waals surface area contributed by atoms with E-state index in [9.17, 15) is 4.79 Å². The number of hydrogen-bond acceptors (Lipinski definition) is 5. The van der Waals surface area contributed by atoms with E-state index in [0.29, 0.717) is 5.96 Å². The van der Waals surface area contributed by atoms with Crippen molar-refractivity contribution in [1.82, 2.24) is 20.4 Å². The Kier molecular flexibility index (Phi) is 8.34. The minimum absolute atomic E-state index is 0.0148. The predicted molar refractivity (Wildman–Crippen MR) is 107 cm³/mol. The van der Waals surface area contributed by atoms with E-state index in [2.05, 4.69) is 45.0 Å². The molecule has 1 aromatic heterocycles. The number of guanidine groups is 1. The highest BCUT2D eigenvalue weighted by Crippen LogP contribution is 2.26. The molecule has 0 aromatic carbocycles. The average Bonchev–Trinajstić information content (AvgIpc) is 3.13. The number of ether oxygens (including phenoxy) is 1. The van der Waals surface area contributed by atoms with Crippen LogP contribution in [0.15, 0.2) is 22.5 Å². The van der Waals surface area contributed by atoms with Crippen LogP contribution in [0.5, 0.6) is 0 Å². The van der Waals surface area contributed by atoms with E-state index in [4.69, 9.17) is 4.74 Å². The van der Waals surface area contributed by atoms with Crippen LogP contribution in [-0.2, 0) is 9.53 Å². The van der Waals surface area contributed by atoms with Gasteiger partial charge in [-0.05, 0) is 25.3 Å². The van der Waals surface area contributed by atoms with Crippen LogP contribution < -0.4 is 10.6 Å². The summed E-state index contributed by atoms with van der Waals surface area (Å²) in [7, 11) is 3.48. The summed E-state index contributed by atoms with van der Waals surface area (Å²) in [6, 6.07) is 4.53. The molecular weight excluding hydrogens is 350 g/mol. The highest BCUT2D eigenvalue weighted by atomic mass is 32.1. The van der Waals surface area contributed by atoms with Crippen molar-refractivity contribution in [3.63, 3.8) is 0 Å². The molecular formula is C18H31N5O2S. The van der Waals surface area contributed by atoms with Gasteiger partial charge in [-0.2, -0.15) is 0 Å². The fourth-order valence-corrected chi connectivity index (χ4v) is 3.70. The third kappa shape index (κ3) is 6.26. The molecule has 1 fully saturated rings. The topological polar surface area (TPSA) is 69.2 Å². The molecule has 2 N–H and O–H groups in total. The van der Waals surface area contributed by atoms with Crippen LogP contribution in [0.1, 0.15) is 24.8 Å². The average molecular weight is 382 g/mol. The number of nitrogens with one attached hydrogen (secondary N) is 2. The molecule has 2 atom stereocenters. The normalized spacial score (nSPS) is 19.8. The Balaban J connectivity index is 2.03. The van der Waals surface area contributed by atoms with E-state index in [1.54, 1.807) is 30.3 Å². The Hall–Kier alpha value is -1.64. The summed E-state index contributed by atoms with van der Waals surface area (Å²) in [5, 5.41) is 8.74. The molecule has 2 rings (SSSR count). The standard InChI is InChI=1S/C18H31N5O2S/c1-5-19-18(21-12-17(24)22(3)4)20-11-15(16-7-6-10-26-16)23-8-9-25-14(2)13-23/h6-7,10,14-15H,5,8-9,11-13H2,1-4H3,(H2,19,20,21). The lowest BCUT2D eigenvalue weighted by atomic mass is 10.1. The van der Waals surface area contributed by atoms with Crippen LogP contribution in [0.4, 0.5) is 0 Å². The van der Waals surface area contributed by atoms with Gasteiger partial charge in [0.15, 0.2) is 5.96 Å². The fourth-order valence-electron chi connectivity index (χ4n) is 2.84. The Morgan fingerprint density at radius 1 is 1.50 bits per heavy atom. The summed E-state index contributed by atoms with van der Waals surface area (Å²) in [6.07, 6.45) is 0.242. The van der Waals surface area contributed by atoms with Crippen molar-refractivity contribution in [2.24, 2.45) is 4.99 Å². The van der Waals surface area contributed by atoms with Crippen LogP contribution in [0.25, 0.3) is 0 Å². The maximum Gasteiger partial charge on any atom is 0.243 e. The minimum Gasteiger partial charge on any atom is -0.376 e. The van der Waals surface area contributed by atoms with Gasteiger partial charge in [-0.25, -0.2) is 4.99 Å². The number of nitrogens with zero attached hydrogens (tertiary/aromatic N) is 3. The number of carbonyl (C=O) groups is 1. The molecule has 1 saturated heterocycles. The summed E-state index contributed by atoms with van der Waals surface area (Å²) in [6.45, 7) is 8.35. The second-order valence-corrected chi connectivity index (χ2v) is 7.55. The first kappa shape index (κ1) is 20.7. The Morgan fingerprint density at radius 3 is 2.92 bits per heavy atom. The molecule has 8 heteroatoms. The second-order valence-electron chi connectivity index (χ2n) is 6.57. The molecule has 1 amide bonds. The Bertz CT molecular complexity index is 576. The number of likely N-dealkylation sites (N-methyl/N-ethyl adjacent to an activating group) is 1. The van der Waals surface area contributed by atoms with Crippen molar-refractivity contribution >= 4 is 23.2 Å². The second kappa shape index (κ2) is 10.5. The van der Waals surface area contributed by atoms with Gasteiger partial charge in [-0.3, -0.25) is 9.69 Å². The fraction of sp³-hybridized carbons (Fsp3) is 0.667. The third-order valence-electron chi connectivity index (χ3n) is 4.26. The van der Waals surface area contributed by atoms with Gasteiger partial charge in [0.2, 0.25) is 5.91 Å². The number of morpholine rings is 1. The molecule has 1 aromatic rings. The Morgan fingerprint density at radius 2 is 2.31 bits per heavy atom. The quantitative estimate of drug-likeness (QED) is 0.548. The number of aliphatic imine (C=N–C) groups is 1. The molecule has 0 bridgehead atoms. The van der Waals surface area contributed by atoms with Gasteiger partial charge in [-0.1, -0.05) is 6.07 Å². The lowest BCUT2D eigenvalue weighted by molar-refractivity contribution is -0.127. The van der Waals surface area contributed by atoms with Crippen LogP contribution in [0, 0.1) is 0 Å². The van der Waals surface area contributed by atoms with Crippen LogP contribution >= 0.6 is 11.3 Å². The summed E-state index contributed by atoms with van der Waals surface area (Å²) in [5.41, 5.74) is 0. The molecule has 2 heterocycles. The number of thiophene rings is 1. The van der Waals surface area contributed by atoms with Crippen molar-refractivity contribution in [2.75, 3.05) is 53.4 Å². The highest BCUT2D eigenvalue weighted by molar-refractivity contribution is 7.10. The van der Waals surface area contributed by atoms with Gasteiger partial charge in [0.05, 0.1) is 18.8 Å². The minimum atomic E-state index is -0.0148. The molecule has 0 radical (unpaired) electrons. The van der Waals surface area contributed by atoms with E-state index in [1.807, 2.05) is 6.92 Å². The number of rotatable bonds is 7. The van der Waals surface area contributed by atoms with E-state index < -0.39 is 0 Å². The first-order chi connectivity index (χ1) is 12.5. The van der Waals surface area contributed by atoms with E-state index >= 15 is 0 Å². The van der Waals surface area contributed by atoms with Crippen LogP contribution in [0.3, 0.4) is 0 Å². The molecule has 1 aliphatic rings. The molecule has 7 nitrogen and oxygen atoms in total. The first-order valence-electron chi connectivity index (χ1n) is 9.12. The maximum atomic E-state index is 11.8. The van der Waals surface area contributed by atoms with Crippen LogP contribution in [0.2, 0.25) is 0 Å². The first-order valence-corrected chi connectivity index (χ1v) is 10.0. The van der Waals surface area contributed by atoms with Crippen molar-refractivity contribution in [1.29, 1.82) is 0 Å². The summed E-state index contributed by atoms with van der Waals surface area (Å²) in [4.78, 5) is 21.6. The third-order valence-corrected chi connectivity index (χ3v) is 5.24. The van der Waals surface area contributed by atoms with Crippen molar-refractivity contribution in [2.45, 2.75) is 26.0 Å². The molecule has 146 valence electrons. The van der Waals surface area contributed by atoms with Crippen LogP contribution in [-0.4, -0.2) is 81.2 Å². The predicted octanol–water partition coefficient (Wildman–Crippen LogP) is 1.15. The zero-order valence-electron chi connectivity index (χ0n) is 16.2. The molecule has 26 heavy (non-hydrogen) atoms. The van der Waals surface area contributed by atoms with Crippen molar-refractivity contribution in [3.8, 4) is 0 Å². The van der Waals surface area contributed by atoms with Gasteiger partial charge in [0.25, 0.3) is 0 Å². The molecule has 1 aliphatic heterocycles. The molecule has 2 unspecified atom stereocenters. The van der Waals surface area contributed by atoms with Gasteiger partial charge < -0.3 is 20.3 Å². The smallest absolute Gasteiger partial charge is 0.243 e. The monoisotopic (exact) mass is 381 g/mol. The zero-order valence-corrected chi connectivity index (χ0v) is 17.0. The molecule has 0 saturated carbocycles. The highest BCUT2D eigenvalue weighted by Gasteiger charge is 2.26. The summed E-state index contributed by atoms with van der Waals surface area (Å²) >= 11 is 1.77. The number of amides is 1. The summed E-state index contributed by atoms with van der Waals surface area (Å²) in [5.74, 6) is 0.657. The lowest BCUT2D eigenvalue weighted by Gasteiger charge is -2.37. The van der Waals surface area contributed by atoms with Gasteiger partial charge in [0.1, 0.15) is 6.54 Å². The maximum absolute atomic E-state index is 11.8. The molecule has 0 spiro atoms. The summed E-state index contributed by atoms with van der Waals surface area (Å²) < 4.78 is 5.69. The van der Waals surface area contributed by atoms with Gasteiger partial charge >= 0.3 is 0 Å². The van der Waals surface area contributed by atoms with Gasteiger partial charge in [-0.15, -0.1) is 11.3 Å². The Labute approximate surface area is 160 Å². The largest absolute Gasteiger partial charge is 0.376 e. The lowest BCUT2D eigenvalue weighted by Crippen LogP contribution is -2.48.